The number of carbonyl (C=O) groups is 2. The van der Waals surface area contributed by atoms with Gasteiger partial charge in [0.25, 0.3) is 0 Å². The molecular formula is C14H11ClO4. The van der Waals surface area contributed by atoms with Gasteiger partial charge in [-0.05, 0) is 24.3 Å². The first-order chi connectivity index (χ1) is 9.10. The molecule has 0 aliphatic rings. The minimum atomic E-state index is -1.16. The van der Waals surface area contributed by atoms with Gasteiger partial charge in [0.05, 0.1) is 0 Å². The van der Waals surface area contributed by atoms with Gasteiger partial charge in [0, 0.05) is 17.0 Å². The zero-order valence-electron chi connectivity index (χ0n) is 9.88. The summed E-state index contributed by atoms with van der Waals surface area (Å²) in [4.78, 5) is 21.4. The molecule has 1 N–H and O–H groups in total. The first kappa shape index (κ1) is 13.4. The average molecular weight is 279 g/mol. The Morgan fingerprint density at radius 1 is 1.37 bits per heavy atom. The number of carboxylic acid groups (broad SMARTS) is 1. The molecule has 0 bridgehead atoms. The number of rotatable bonds is 5. The maximum absolute atomic E-state index is 10.8. The van der Waals surface area contributed by atoms with E-state index >= 15 is 0 Å². The van der Waals surface area contributed by atoms with Crippen LogP contribution in [-0.4, -0.2) is 17.4 Å². The van der Waals surface area contributed by atoms with Crippen molar-refractivity contribution in [3.05, 3.63) is 47.2 Å². The van der Waals surface area contributed by atoms with Crippen molar-refractivity contribution in [2.24, 2.45) is 5.92 Å². The molecule has 4 nitrogen and oxygen atoms in total. The molecule has 0 spiro atoms. The molecule has 0 aliphatic carbocycles. The van der Waals surface area contributed by atoms with Crippen LogP contribution in [0.2, 0.25) is 5.02 Å². The van der Waals surface area contributed by atoms with Crippen LogP contribution in [0.5, 0.6) is 0 Å². The van der Waals surface area contributed by atoms with Crippen molar-refractivity contribution in [3.63, 3.8) is 0 Å². The lowest BCUT2D eigenvalue weighted by Crippen LogP contribution is -2.17. The molecule has 98 valence electrons. The molecule has 1 aromatic carbocycles. The predicted octanol–water partition coefficient (Wildman–Crippen LogP) is 3.04. The second-order valence-electron chi connectivity index (χ2n) is 4.06. The van der Waals surface area contributed by atoms with E-state index in [2.05, 4.69) is 0 Å². The maximum Gasteiger partial charge on any atom is 0.314 e. The largest absolute Gasteiger partial charge is 0.481 e. The van der Waals surface area contributed by atoms with Crippen LogP contribution < -0.4 is 0 Å². The van der Waals surface area contributed by atoms with E-state index in [0.29, 0.717) is 22.8 Å². The zero-order valence-corrected chi connectivity index (χ0v) is 10.6. The molecule has 0 radical (unpaired) electrons. The lowest BCUT2D eigenvalue weighted by Gasteiger charge is -2.02. The Balaban J connectivity index is 2.19. The summed E-state index contributed by atoms with van der Waals surface area (Å²) in [7, 11) is 0. The monoisotopic (exact) mass is 278 g/mol. The molecule has 1 heterocycles. The molecule has 19 heavy (non-hydrogen) atoms. The van der Waals surface area contributed by atoms with Crippen LogP contribution in [-0.2, 0) is 16.0 Å². The Bertz CT molecular complexity index is 603. The molecular weight excluding hydrogens is 268 g/mol. The number of furan rings is 1. The molecule has 1 unspecified atom stereocenters. The Hall–Kier alpha value is -2.07. The van der Waals surface area contributed by atoms with Crippen molar-refractivity contribution >= 4 is 23.9 Å². The van der Waals surface area contributed by atoms with Crippen molar-refractivity contribution in [2.75, 3.05) is 0 Å². The lowest BCUT2D eigenvalue weighted by atomic mass is 10.1. The van der Waals surface area contributed by atoms with Crippen molar-refractivity contribution in [3.8, 4) is 11.3 Å². The van der Waals surface area contributed by atoms with Crippen molar-refractivity contribution in [1.82, 2.24) is 0 Å². The molecule has 0 saturated carbocycles. The first-order valence-corrected chi connectivity index (χ1v) is 6.00. The summed E-state index contributed by atoms with van der Waals surface area (Å²) in [5, 5.41) is 9.39. The Kier molecular flexibility index (Phi) is 4.02. The second kappa shape index (κ2) is 5.71. The summed E-state index contributed by atoms with van der Waals surface area (Å²) in [6.45, 7) is 0. The van der Waals surface area contributed by atoms with Crippen molar-refractivity contribution in [2.45, 2.75) is 6.42 Å². The van der Waals surface area contributed by atoms with Gasteiger partial charge in [0.15, 0.2) is 0 Å². The Morgan fingerprint density at radius 2 is 2.16 bits per heavy atom. The lowest BCUT2D eigenvalue weighted by molar-refractivity contribution is -0.143. The van der Waals surface area contributed by atoms with Gasteiger partial charge in [-0.3, -0.25) is 4.79 Å². The van der Waals surface area contributed by atoms with Gasteiger partial charge >= 0.3 is 5.97 Å². The number of hydrogen-bond acceptors (Lipinski definition) is 3. The predicted molar refractivity (Wildman–Crippen MR) is 70.0 cm³/mol. The topological polar surface area (TPSA) is 67.5 Å². The minimum absolute atomic E-state index is 0.0411. The maximum atomic E-state index is 10.8. The quantitative estimate of drug-likeness (QED) is 0.674. The van der Waals surface area contributed by atoms with Crippen LogP contribution in [0.1, 0.15) is 5.76 Å². The third-order valence-electron chi connectivity index (χ3n) is 2.67. The Labute approximate surface area is 114 Å². The van der Waals surface area contributed by atoms with Gasteiger partial charge in [-0.2, -0.15) is 0 Å². The number of carbonyl (C=O) groups excluding carboxylic acids is 1. The number of aldehydes is 1. The number of hydrogen-bond donors (Lipinski definition) is 1. The molecule has 2 rings (SSSR count). The summed E-state index contributed by atoms with van der Waals surface area (Å²) in [5.74, 6) is -1.20. The Morgan fingerprint density at radius 3 is 2.79 bits per heavy atom. The van der Waals surface area contributed by atoms with Crippen molar-refractivity contribution in [1.29, 1.82) is 0 Å². The van der Waals surface area contributed by atoms with Gasteiger partial charge < -0.3 is 14.3 Å². The fourth-order valence-corrected chi connectivity index (χ4v) is 1.89. The van der Waals surface area contributed by atoms with Crippen LogP contribution in [0.25, 0.3) is 11.3 Å². The highest BCUT2D eigenvalue weighted by Crippen LogP contribution is 2.25. The third kappa shape index (κ3) is 3.23. The van der Waals surface area contributed by atoms with E-state index in [0.717, 1.165) is 5.56 Å². The van der Waals surface area contributed by atoms with E-state index in [1.54, 1.807) is 30.3 Å². The molecule has 2 aromatic rings. The number of benzene rings is 1. The van der Waals surface area contributed by atoms with E-state index in [1.165, 1.54) is 0 Å². The fraction of sp³-hybridized carbons (Fsp3) is 0.143. The molecule has 0 aliphatic heterocycles. The number of halogens is 1. The minimum Gasteiger partial charge on any atom is -0.481 e. The van der Waals surface area contributed by atoms with E-state index in [4.69, 9.17) is 21.1 Å². The fourth-order valence-electron chi connectivity index (χ4n) is 1.69. The highest BCUT2D eigenvalue weighted by Gasteiger charge is 2.19. The van der Waals surface area contributed by atoms with E-state index in [1.807, 2.05) is 6.07 Å². The smallest absolute Gasteiger partial charge is 0.314 e. The van der Waals surface area contributed by atoms with Gasteiger partial charge in [0.1, 0.15) is 23.7 Å². The molecule has 0 amide bonds. The molecule has 0 saturated heterocycles. The van der Waals surface area contributed by atoms with Gasteiger partial charge in [0.2, 0.25) is 0 Å². The normalized spacial score (nSPS) is 12.1. The summed E-state index contributed by atoms with van der Waals surface area (Å²) in [6, 6.07) is 10.5. The van der Waals surface area contributed by atoms with Crippen LogP contribution in [0, 0.1) is 5.92 Å². The van der Waals surface area contributed by atoms with Crippen LogP contribution in [0.4, 0.5) is 0 Å². The second-order valence-corrected chi connectivity index (χ2v) is 4.50. The first-order valence-electron chi connectivity index (χ1n) is 5.63. The zero-order chi connectivity index (χ0) is 13.8. The van der Waals surface area contributed by atoms with Crippen LogP contribution in [0.3, 0.4) is 0 Å². The summed E-state index contributed by atoms with van der Waals surface area (Å²) >= 11 is 5.88. The molecule has 1 aromatic heterocycles. The highest BCUT2D eigenvalue weighted by molar-refractivity contribution is 6.30. The molecule has 1 atom stereocenters. The molecule has 0 fully saturated rings. The summed E-state index contributed by atoms with van der Waals surface area (Å²) in [6.07, 6.45) is 0.448. The summed E-state index contributed by atoms with van der Waals surface area (Å²) < 4.78 is 5.53. The average Bonchev–Trinajstić information content (AvgIpc) is 2.84. The van der Waals surface area contributed by atoms with Gasteiger partial charge in [-0.1, -0.05) is 23.7 Å². The summed E-state index contributed by atoms with van der Waals surface area (Å²) in [5.41, 5.74) is 0.803. The highest BCUT2D eigenvalue weighted by atomic mass is 35.5. The van der Waals surface area contributed by atoms with Crippen LogP contribution >= 0.6 is 11.6 Å². The SMILES string of the molecule is O=CC(Cc1ccc(-c2cccc(Cl)c2)o1)C(=O)O. The van der Waals surface area contributed by atoms with E-state index < -0.39 is 11.9 Å². The van der Waals surface area contributed by atoms with Gasteiger partial charge in [-0.15, -0.1) is 0 Å². The third-order valence-corrected chi connectivity index (χ3v) is 2.91. The van der Waals surface area contributed by atoms with E-state index in [-0.39, 0.29) is 6.42 Å². The van der Waals surface area contributed by atoms with Gasteiger partial charge in [-0.25, -0.2) is 0 Å². The van der Waals surface area contributed by atoms with E-state index in [9.17, 15) is 9.59 Å². The van der Waals surface area contributed by atoms with Crippen molar-refractivity contribution < 1.29 is 19.1 Å². The number of aliphatic carboxylic acids is 1. The van der Waals surface area contributed by atoms with Crippen LogP contribution in [0.15, 0.2) is 40.8 Å². The molecule has 5 heteroatoms. The number of carboxylic acids is 1. The standard InChI is InChI=1S/C14H11ClO4/c15-11-3-1-2-9(6-11)13-5-4-12(19-13)7-10(8-16)14(17)18/h1-6,8,10H,7H2,(H,17,18).